The van der Waals surface area contributed by atoms with Crippen LogP contribution in [0.5, 0.6) is 0 Å². The van der Waals surface area contributed by atoms with E-state index in [0.717, 1.165) is 23.0 Å². The Kier molecular flexibility index (Phi) is 5.60. The van der Waals surface area contributed by atoms with E-state index in [4.69, 9.17) is 0 Å². The van der Waals surface area contributed by atoms with Crippen LogP contribution >= 0.6 is 0 Å². The summed E-state index contributed by atoms with van der Waals surface area (Å²) in [6, 6.07) is 14.2. The first kappa shape index (κ1) is 19.2. The molecule has 3 aromatic rings. The van der Waals surface area contributed by atoms with E-state index >= 15 is 0 Å². The van der Waals surface area contributed by atoms with Crippen LogP contribution in [0.25, 0.3) is 16.6 Å². The predicted octanol–water partition coefficient (Wildman–Crippen LogP) is 3.06. The highest BCUT2D eigenvalue weighted by Crippen LogP contribution is 2.17. The Labute approximate surface area is 168 Å². The maximum Gasteiger partial charge on any atom is 0.333 e. The molecule has 1 aromatic heterocycles. The van der Waals surface area contributed by atoms with Crippen LogP contribution in [-0.4, -0.2) is 21.5 Å². The van der Waals surface area contributed by atoms with Gasteiger partial charge in [0.25, 0.3) is 5.56 Å². The van der Waals surface area contributed by atoms with Gasteiger partial charge in [-0.3, -0.25) is 9.59 Å². The summed E-state index contributed by atoms with van der Waals surface area (Å²) in [5.41, 5.74) is 1.02. The van der Waals surface area contributed by atoms with E-state index in [1.165, 1.54) is 25.7 Å². The molecule has 0 radical (unpaired) electrons. The average molecular weight is 391 g/mol. The van der Waals surface area contributed by atoms with Gasteiger partial charge in [-0.25, -0.2) is 9.36 Å². The highest BCUT2D eigenvalue weighted by molar-refractivity contribution is 5.79. The maximum absolute atomic E-state index is 12.7. The number of para-hydroxylation sites is 1. The number of H-pyrrole nitrogens is 1. The summed E-state index contributed by atoms with van der Waals surface area (Å²) in [5.74, 6) is 0.0189. The molecule has 0 saturated heterocycles. The van der Waals surface area contributed by atoms with E-state index in [0.29, 0.717) is 23.0 Å². The van der Waals surface area contributed by atoms with Gasteiger partial charge in [-0.05, 0) is 42.7 Å². The van der Waals surface area contributed by atoms with Gasteiger partial charge >= 0.3 is 5.69 Å². The van der Waals surface area contributed by atoms with Gasteiger partial charge in [-0.2, -0.15) is 0 Å². The van der Waals surface area contributed by atoms with Crippen molar-refractivity contribution in [2.75, 3.05) is 0 Å². The fourth-order valence-corrected chi connectivity index (χ4v) is 4.05. The number of carbonyl (C=O) groups is 1. The van der Waals surface area contributed by atoms with Crippen molar-refractivity contribution in [2.45, 2.75) is 51.0 Å². The Morgan fingerprint density at radius 3 is 2.38 bits per heavy atom. The first-order valence-corrected chi connectivity index (χ1v) is 10.2. The molecule has 6 heteroatoms. The minimum absolute atomic E-state index is 0.0189. The second-order valence-electron chi connectivity index (χ2n) is 7.72. The zero-order valence-electron chi connectivity index (χ0n) is 16.3. The lowest BCUT2D eigenvalue weighted by molar-refractivity contribution is -0.121. The lowest BCUT2D eigenvalue weighted by Crippen LogP contribution is -2.35. The van der Waals surface area contributed by atoms with Gasteiger partial charge in [0.05, 0.1) is 23.0 Å². The summed E-state index contributed by atoms with van der Waals surface area (Å²) < 4.78 is 1.12. The van der Waals surface area contributed by atoms with E-state index in [1.54, 1.807) is 48.5 Å². The molecular weight excluding hydrogens is 366 g/mol. The Balaban J connectivity index is 1.51. The highest BCUT2D eigenvalue weighted by atomic mass is 16.2. The fourth-order valence-electron chi connectivity index (χ4n) is 4.05. The number of aromatic nitrogens is 2. The monoisotopic (exact) mass is 391 g/mol. The number of nitrogens with zero attached hydrogens (tertiary/aromatic N) is 1. The second-order valence-corrected chi connectivity index (χ2v) is 7.72. The second kappa shape index (κ2) is 8.47. The van der Waals surface area contributed by atoms with E-state index in [2.05, 4.69) is 10.3 Å². The minimum Gasteiger partial charge on any atom is -0.353 e. The van der Waals surface area contributed by atoms with Crippen LogP contribution in [0.4, 0.5) is 0 Å². The molecule has 29 heavy (non-hydrogen) atoms. The first-order chi connectivity index (χ1) is 14.1. The molecule has 2 N–H and O–H groups in total. The largest absolute Gasteiger partial charge is 0.353 e. The Morgan fingerprint density at radius 1 is 0.966 bits per heavy atom. The molecular formula is C23H25N3O3. The first-order valence-electron chi connectivity index (χ1n) is 10.2. The molecule has 1 saturated carbocycles. The van der Waals surface area contributed by atoms with Crippen LogP contribution < -0.4 is 16.6 Å². The van der Waals surface area contributed by atoms with E-state index in [1.807, 2.05) is 0 Å². The summed E-state index contributed by atoms with van der Waals surface area (Å²) in [7, 11) is 0. The molecule has 1 fully saturated rings. The number of amides is 1. The van der Waals surface area contributed by atoms with Gasteiger partial charge in [0, 0.05) is 6.04 Å². The van der Waals surface area contributed by atoms with Crippen molar-refractivity contribution in [1.82, 2.24) is 14.9 Å². The maximum atomic E-state index is 12.7. The highest BCUT2D eigenvalue weighted by Gasteiger charge is 2.15. The van der Waals surface area contributed by atoms with Crippen LogP contribution in [0, 0.1) is 0 Å². The Morgan fingerprint density at radius 2 is 1.66 bits per heavy atom. The third-order valence-electron chi connectivity index (χ3n) is 5.58. The molecule has 1 amide bonds. The summed E-state index contributed by atoms with van der Waals surface area (Å²) in [6.07, 6.45) is 7.25. The molecule has 0 aliphatic heterocycles. The van der Waals surface area contributed by atoms with Gasteiger partial charge < -0.3 is 10.3 Å². The molecule has 1 aliphatic rings. The summed E-state index contributed by atoms with van der Waals surface area (Å²) in [5, 5.41) is 3.60. The van der Waals surface area contributed by atoms with Crippen molar-refractivity contribution < 1.29 is 4.79 Å². The molecule has 0 unspecified atom stereocenters. The van der Waals surface area contributed by atoms with Crippen molar-refractivity contribution in [3.8, 4) is 5.69 Å². The molecule has 150 valence electrons. The standard InChI is InChI=1S/C23H25N3O3/c27-21(24-17-7-3-1-2-4-8-17)15-16-11-13-18(14-12-16)26-22(28)19-9-5-6-10-20(19)25-23(26)29/h5-6,9-14,17H,1-4,7-8,15H2,(H,24,27)(H,25,29). The van der Waals surface area contributed by atoms with Crippen molar-refractivity contribution >= 4 is 16.8 Å². The molecule has 1 heterocycles. The van der Waals surface area contributed by atoms with Gasteiger partial charge in [0.2, 0.25) is 5.91 Å². The van der Waals surface area contributed by atoms with Crippen LogP contribution in [0.3, 0.4) is 0 Å². The number of hydrogen-bond acceptors (Lipinski definition) is 3. The van der Waals surface area contributed by atoms with E-state index in [9.17, 15) is 14.4 Å². The SMILES string of the molecule is O=C(Cc1ccc(-n2c(=O)[nH]c3ccccc3c2=O)cc1)NC1CCCCCC1. The summed E-state index contributed by atoms with van der Waals surface area (Å²) >= 11 is 0. The number of aromatic amines is 1. The van der Waals surface area contributed by atoms with Crippen LogP contribution in [-0.2, 0) is 11.2 Å². The molecule has 0 spiro atoms. The Hall–Kier alpha value is -3.15. The van der Waals surface area contributed by atoms with Crippen LogP contribution in [0.1, 0.15) is 44.1 Å². The van der Waals surface area contributed by atoms with Gasteiger partial charge in [-0.15, -0.1) is 0 Å². The van der Waals surface area contributed by atoms with Crippen molar-refractivity contribution in [1.29, 1.82) is 0 Å². The number of benzene rings is 2. The molecule has 6 nitrogen and oxygen atoms in total. The van der Waals surface area contributed by atoms with Gasteiger partial charge in [0.15, 0.2) is 0 Å². The predicted molar refractivity (Wildman–Crippen MR) is 114 cm³/mol. The molecule has 2 aromatic carbocycles. The van der Waals surface area contributed by atoms with Crippen molar-refractivity contribution in [3.63, 3.8) is 0 Å². The van der Waals surface area contributed by atoms with Crippen LogP contribution in [0.2, 0.25) is 0 Å². The normalized spacial score (nSPS) is 15.2. The molecule has 0 bridgehead atoms. The quantitative estimate of drug-likeness (QED) is 0.671. The number of carbonyl (C=O) groups excluding carboxylic acids is 1. The van der Waals surface area contributed by atoms with Gasteiger partial charge in [0.1, 0.15) is 0 Å². The lowest BCUT2D eigenvalue weighted by Gasteiger charge is -2.16. The topological polar surface area (TPSA) is 84.0 Å². The summed E-state index contributed by atoms with van der Waals surface area (Å²) in [6.45, 7) is 0. The van der Waals surface area contributed by atoms with Crippen LogP contribution in [0.15, 0.2) is 58.1 Å². The zero-order valence-corrected chi connectivity index (χ0v) is 16.3. The molecule has 0 atom stereocenters. The zero-order chi connectivity index (χ0) is 20.2. The molecule has 1 aliphatic carbocycles. The average Bonchev–Trinajstić information content (AvgIpc) is 2.98. The number of rotatable bonds is 4. The molecule has 4 rings (SSSR count). The van der Waals surface area contributed by atoms with Gasteiger partial charge in [-0.1, -0.05) is 49.9 Å². The number of fused-ring (bicyclic) bond motifs is 1. The third-order valence-corrected chi connectivity index (χ3v) is 5.58. The number of nitrogens with one attached hydrogen (secondary N) is 2. The smallest absolute Gasteiger partial charge is 0.333 e. The number of hydrogen-bond donors (Lipinski definition) is 2. The van der Waals surface area contributed by atoms with E-state index < -0.39 is 5.69 Å². The third kappa shape index (κ3) is 4.31. The summed E-state index contributed by atoms with van der Waals surface area (Å²) in [4.78, 5) is 40.3. The fraction of sp³-hybridized carbons (Fsp3) is 0.348. The van der Waals surface area contributed by atoms with Crippen molar-refractivity contribution in [2.24, 2.45) is 0 Å². The minimum atomic E-state index is -0.479. The Bertz CT molecular complexity index is 1120. The van der Waals surface area contributed by atoms with E-state index in [-0.39, 0.29) is 17.5 Å². The lowest BCUT2D eigenvalue weighted by atomic mass is 10.1. The van der Waals surface area contributed by atoms with Crippen molar-refractivity contribution in [3.05, 3.63) is 74.9 Å².